The van der Waals surface area contributed by atoms with Gasteiger partial charge in [0.2, 0.25) is 0 Å². The van der Waals surface area contributed by atoms with Gasteiger partial charge in [-0.2, -0.15) is 15.4 Å². The molecule has 0 spiro atoms. The lowest BCUT2D eigenvalue weighted by Gasteiger charge is -2.44. The number of hydrogen-bond acceptors (Lipinski definition) is 8. The number of hydrogen-bond donors (Lipinski definition) is 3. The number of aromatic nitrogens is 4. The van der Waals surface area contributed by atoms with E-state index in [0.717, 1.165) is 49.2 Å². The van der Waals surface area contributed by atoms with Gasteiger partial charge in [0, 0.05) is 62.6 Å². The third kappa shape index (κ3) is 7.75. The van der Waals surface area contributed by atoms with Gasteiger partial charge in [0.1, 0.15) is 11.4 Å². The lowest BCUT2D eigenvalue weighted by molar-refractivity contribution is -0.143. The second-order valence-corrected chi connectivity index (χ2v) is 15.4. The van der Waals surface area contributed by atoms with E-state index in [9.17, 15) is 19.5 Å². The topological polar surface area (TPSA) is 157 Å². The van der Waals surface area contributed by atoms with Crippen LogP contribution in [0.3, 0.4) is 0 Å². The number of carboxylic acid groups (broad SMARTS) is 1. The van der Waals surface area contributed by atoms with Gasteiger partial charge in [-0.1, -0.05) is 35.3 Å². The van der Waals surface area contributed by atoms with E-state index in [-0.39, 0.29) is 23.9 Å². The van der Waals surface area contributed by atoms with Gasteiger partial charge in [-0.15, -0.1) is 0 Å². The Labute approximate surface area is 324 Å². The zero-order chi connectivity index (χ0) is 37.9. The number of piperidine rings is 2. The van der Waals surface area contributed by atoms with Crippen molar-refractivity contribution < 1.29 is 24.2 Å². The summed E-state index contributed by atoms with van der Waals surface area (Å²) in [5.74, 6) is -1.07. The molecule has 2 aromatic carbocycles. The molecule has 0 saturated carbocycles. The quantitative estimate of drug-likeness (QED) is 0.180. The molecule has 0 bridgehead atoms. The van der Waals surface area contributed by atoms with E-state index >= 15 is 0 Å². The number of aliphatic carboxylic acids is 1. The van der Waals surface area contributed by atoms with E-state index in [1.807, 2.05) is 47.5 Å². The summed E-state index contributed by atoms with van der Waals surface area (Å²) in [7, 11) is 1.56. The maximum atomic E-state index is 14.2. The zero-order valence-electron chi connectivity index (χ0n) is 30.1. The van der Waals surface area contributed by atoms with Crippen molar-refractivity contribution in [3.05, 3.63) is 93.9 Å². The number of ether oxygens (including phenoxy) is 1. The Morgan fingerprint density at radius 2 is 1.81 bits per heavy atom. The standard InChI is InChI=1S/C39H44Cl2N8O5/c1-54-34-9-6-26(33-23-43-46-45-33)20-30(34)35(50)49-19-11-38(25-49,28-7-8-31(40)32(41)21-28)10-16-47-17-12-39(13-18-47,29-5-2-14-42-22-29)44-37(53)48-15-3-4-27(24-48)36(51)52/h2,5-9,14,20-23,27H,3-4,10-13,15-19,24-25H2,1H3,(H,44,53)(H,51,52)(H,43,45,46). The Balaban J connectivity index is 1.08. The molecule has 13 nitrogen and oxygen atoms in total. The second-order valence-electron chi connectivity index (χ2n) is 14.6. The first-order valence-electron chi connectivity index (χ1n) is 18.3. The van der Waals surface area contributed by atoms with Crippen molar-refractivity contribution >= 4 is 41.1 Å². The molecule has 3 fully saturated rings. The normalized spacial score (nSPS) is 21.5. The fraction of sp³-hybridized carbons (Fsp3) is 0.436. The molecule has 4 aromatic rings. The number of pyridine rings is 1. The summed E-state index contributed by atoms with van der Waals surface area (Å²) < 4.78 is 5.63. The SMILES string of the molecule is COc1ccc(-c2cn[nH]n2)cc1C(=O)N1CCC(CCN2CCC(NC(=O)N3CCCC(C(=O)O)C3)(c3cccnc3)CC2)(c2ccc(Cl)c(Cl)c2)C1. The number of benzene rings is 2. The number of urea groups is 1. The third-order valence-electron chi connectivity index (χ3n) is 11.5. The van der Waals surface area contributed by atoms with Crippen LogP contribution in [0.1, 0.15) is 60.0 Å². The first-order valence-corrected chi connectivity index (χ1v) is 19.1. The van der Waals surface area contributed by atoms with Gasteiger partial charge in [0.15, 0.2) is 0 Å². The molecule has 54 heavy (non-hydrogen) atoms. The highest BCUT2D eigenvalue weighted by molar-refractivity contribution is 6.42. The highest BCUT2D eigenvalue weighted by Crippen LogP contribution is 2.42. The average Bonchev–Trinajstić information content (AvgIpc) is 3.91. The van der Waals surface area contributed by atoms with Crippen LogP contribution in [0, 0.1) is 5.92 Å². The van der Waals surface area contributed by atoms with Gasteiger partial charge in [-0.3, -0.25) is 14.6 Å². The predicted molar refractivity (Wildman–Crippen MR) is 204 cm³/mol. The molecule has 2 atom stereocenters. The number of nitrogens with one attached hydrogen (secondary N) is 2. The number of likely N-dealkylation sites (tertiary alicyclic amines) is 3. The smallest absolute Gasteiger partial charge is 0.318 e. The molecule has 3 aliphatic heterocycles. The van der Waals surface area contributed by atoms with Crippen LogP contribution in [0.2, 0.25) is 10.0 Å². The van der Waals surface area contributed by atoms with Crippen LogP contribution in [0.15, 0.2) is 67.1 Å². The molecule has 15 heteroatoms. The molecule has 0 radical (unpaired) electrons. The number of nitrogens with zero attached hydrogens (tertiary/aromatic N) is 6. The number of carboxylic acids is 1. The summed E-state index contributed by atoms with van der Waals surface area (Å²) in [6.07, 6.45) is 9.19. The summed E-state index contributed by atoms with van der Waals surface area (Å²) in [6.45, 7) is 3.96. The largest absolute Gasteiger partial charge is 0.496 e. The van der Waals surface area contributed by atoms with Gasteiger partial charge < -0.3 is 29.9 Å². The summed E-state index contributed by atoms with van der Waals surface area (Å²) in [4.78, 5) is 49.9. The fourth-order valence-electron chi connectivity index (χ4n) is 8.31. The number of halogens is 2. The highest BCUT2D eigenvalue weighted by Gasteiger charge is 2.44. The minimum Gasteiger partial charge on any atom is -0.496 e. The monoisotopic (exact) mass is 774 g/mol. The van der Waals surface area contributed by atoms with E-state index in [0.29, 0.717) is 72.4 Å². The molecular weight excluding hydrogens is 731 g/mol. The Kier molecular flexibility index (Phi) is 11.1. The lowest BCUT2D eigenvalue weighted by atomic mass is 9.76. The zero-order valence-corrected chi connectivity index (χ0v) is 31.7. The van der Waals surface area contributed by atoms with E-state index in [1.54, 1.807) is 36.5 Å². The third-order valence-corrected chi connectivity index (χ3v) is 12.3. The van der Waals surface area contributed by atoms with Gasteiger partial charge in [-0.25, -0.2) is 4.79 Å². The van der Waals surface area contributed by atoms with E-state index in [2.05, 4.69) is 30.6 Å². The Hall–Kier alpha value is -4.72. The molecule has 2 aromatic heterocycles. The molecule has 3 saturated heterocycles. The minimum absolute atomic E-state index is 0.127. The molecule has 284 valence electrons. The van der Waals surface area contributed by atoms with Crippen molar-refractivity contribution in [1.82, 2.24) is 40.4 Å². The van der Waals surface area contributed by atoms with Crippen LogP contribution in [0.5, 0.6) is 5.75 Å². The van der Waals surface area contributed by atoms with Crippen LogP contribution in [-0.4, -0.2) is 111 Å². The average molecular weight is 776 g/mol. The molecule has 0 aliphatic carbocycles. The van der Waals surface area contributed by atoms with Gasteiger partial charge in [0.25, 0.3) is 5.91 Å². The van der Waals surface area contributed by atoms with Crippen LogP contribution in [-0.2, 0) is 15.7 Å². The minimum atomic E-state index is -0.868. The second kappa shape index (κ2) is 15.9. The molecule has 3 aliphatic rings. The van der Waals surface area contributed by atoms with E-state index in [1.165, 1.54) is 0 Å². The molecule has 2 unspecified atom stereocenters. The van der Waals surface area contributed by atoms with Gasteiger partial charge in [-0.05, 0) is 92.6 Å². The first kappa shape index (κ1) is 37.6. The van der Waals surface area contributed by atoms with Crippen molar-refractivity contribution in [2.75, 3.05) is 52.9 Å². The Bertz CT molecular complexity index is 1970. The summed E-state index contributed by atoms with van der Waals surface area (Å²) >= 11 is 13.0. The maximum absolute atomic E-state index is 14.2. The first-order chi connectivity index (χ1) is 26.1. The number of amides is 3. The number of carbonyl (C=O) groups excluding carboxylic acids is 2. The van der Waals surface area contributed by atoms with Crippen molar-refractivity contribution in [2.24, 2.45) is 5.92 Å². The van der Waals surface area contributed by atoms with Gasteiger partial charge in [0.05, 0.1) is 40.4 Å². The van der Waals surface area contributed by atoms with E-state index < -0.39 is 17.4 Å². The molecule has 5 heterocycles. The Morgan fingerprint density at radius 3 is 2.52 bits per heavy atom. The molecule has 3 amide bonds. The van der Waals surface area contributed by atoms with Crippen molar-refractivity contribution in [3.63, 3.8) is 0 Å². The van der Waals surface area contributed by atoms with Gasteiger partial charge >= 0.3 is 12.0 Å². The van der Waals surface area contributed by atoms with Crippen LogP contribution in [0.25, 0.3) is 11.3 Å². The predicted octanol–water partition coefficient (Wildman–Crippen LogP) is 5.85. The van der Waals surface area contributed by atoms with Crippen molar-refractivity contribution in [3.8, 4) is 17.0 Å². The number of carbonyl (C=O) groups is 3. The maximum Gasteiger partial charge on any atom is 0.318 e. The highest BCUT2D eigenvalue weighted by atomic mass is 35.5. The van der Waals surface area contributed by atoms with Crippen LogP contribution in [0.4, 0.5) is 4.79 Å². The Morgan fingerprint density at radius 1 is 0.981 bits per heavy atom. The fourth-order valence-corrected chi connectivity index (χ4v) is 8.61. The van der Waals surface area contributed by atoms with Crippen LogP contribution < -0.4 is 10.1 Å². The summed E-state index contributed by atoms with van der Waals surface area (Å²) in [5.41, 5.74) is 2.78. The van der Waals surface area contributed by atoms with Crippen molar-refractivity contribution in [2.45, 2.75) is 49.5 Å². The van der Waals surface area contributed by atoms with E-state index in [4.69, 9.17) is 27.9 Å². The lowest BCUT2D eigenvalue weighted by Crippen LogP contribution is -2.57. The number of methoxy groups -OCH3 is 1. The summed E-state index contributed by atoms with van der Waals surface area (Å²) in [5, 5.41) is 24.6. The van der Waals surface area contributed by atoms with Crippen LogP contribution >= 0.6 is 23.2 Å². The number of H-pyrrole nitrogens is 1. The molecular formula is C39H44Cl2N8O5. The molecule has 7 rings (SSSR count). The van der Waals surface area contributed by atoms with Crippen molar-refractivity contribution in [1.29, 1.82) is 0 Å². The number of rotatable bonds is 10. The summed E-state index contributed by atoms with van der Waals surface area (Å²) in [6, 6.07) is 14.8. The number of aromatic amines is 1. The molecule has 3 N–H and O–H groups in total.